The van der Waals surface area contributed by atoms with E-state index in [1.807, 2.05) is 0 Å². The molecule has 0 unspecified atom stereocenters. The monoisotopic (exact) mass is 170 g/mol. The van der Waals surface area contributed by atoms with Gasteiger partial charge in [-0.3, -0.25) is 0 Å². The van der Waals surface area contributed by atoms with Gasteiger partial charge in [-0.25, -0.2) is 0 Å². The molecule has 0 aromatic carbocycles. The van der Waals surface area contributed by atoms with Crippen molar-refractivity contribution in [2.75, 3.05) is 0 Å². The maximum atomic E-state index is 8.36. The molecule has 0 aliphatic heterocycles. The molecule has 11 heavy (non-hydrogen) atoms. The lowest BCUT2D eigenvalue weighted by molar-refractivity contribution is -0.742. The molecule has 0 fully saturated rings. The third kappa shape index (κ3) is 134. The topological polar surface area (TPSA) is 127 Å². The van der Waals surface area contributed by atoms with Gasteiger partial charge in [-0.2, -0.15) is 0 Å². The van der Waals surface area contributed by atoms with Crippen LogP contribution in [0.5, 0.6) is 0 Å². The van der Waals surface area contributed by atoms with Gasteiger partial charge in [-0.1, -0.05) is 20.3 Å². The predicted molar refractivity (Wildman–Crippen MR) is 33.5 cm³/mol. The van der Waals surface area contributed by atoms with Gasteiger partial charge >= 0.3 is 0 Å². The lowest BCUT2D eigenvalue weighted by Gasteiger charge is -1.56. The Morgan fingerprint density at radius 3 is 1.09 bits per heavy atom. The summed E-state index contributed by atoms with van der Waals surface area (Å²) in [5, 5.41) is 27.3. The molecule has 0 bridgehead atoms. The molecule has 68 valence electrons. The summed E-state index contributed by atoms with van der Waals surface area (Å²) in [4.78, 5) is 16.7. The van der Waals surface area contributed by atoms with E-state index in [9.17, 15) is 0 Å². The first-order chi connectivity index (χ1) is 4.88. The zero-order valence-electron chi connectivity index (χ0n) is 6.13. The number of hydrogen-bond acceptors (Lipinski definition) is 4. The molecule has 0 saturated carbocycles. The molecule has 0 aromatic rings. The Hall–Kier alpha value is -1.60. The summed E-state index contributed by atoms with van der Waals surface area (Å²) in [5.74, 6) is 0. The molecule has 8 heteroatoms. The molecule has 2 N–H and O–H groups in total. The molecule has 0 heterocycles. The minimum absolute atomic E-state index is 1.25. The first-order valence-electron chi connectivity index (χ1n) is 2.54. The number of hydrogen-bond donors (Lipinski definition) is 2. The highest BCUT2D eigenvalue weighted by Crippen LogP contribution is 1.56. The Bertz CT molecular complexity index is 84.0. The van der Waals surface area contributed by atoms with Gasteiger partial charge in [0.1, 0.15) is 0 Å². The molecule has 0 radical (unpaired) electrons. The van der Waals surface area contributed by atoms with E-state index in [4.69, 9.17) is 30.6 Å². The second-order valence-corrected chi connectivity index (χ2v) is 1.18. The highest BCUT2D eigenvalue weighted by Gasteiger charge is 1.65. The van der Waals surface area contributed by atoms with Crippen LogP contribution in [0.4, 0.5) is 0 Å². The minimum Gasteiger partial charge on any atom is -0.328 e. The first-order valence-corrected chi connectivity index (χ1v) is 2.54. The smallest absolute Gasteiger partial charge is 0.291 e. The zero-order chi connectivity index (χ0) is 9.86. The van der Waals surface area contributed by atoms with Crippen molar-refractivity contribution in [3.8, 4) is 0 Å². The van der Waals surface area contributed by atoms with Gasteiger partial charge in [0, 0.05) is 0 Å². The number of nitrogens with zero attached hydrogens (tertiary/aromatic N) is 2. The molecular formula is C3H10N2O6. The van der Waals surface area contributed by atoms with Crippen molar-refractivity contribution in [1.82, 2.24) is 0 Å². The molecule has 8 nitrogen and oxygen atoms in total. The highest BCUT2D eigenvalue weighted by atomic mass is 16.9. The normalized spacial score (nSPS) is 6.00. The first kappa shape index (κ1) is 16.2. The SMILES string of the molecule is CCC.O=[N+]([O-])O.O=[N+]([O-])O. The summed E-state index contributed by atoms with van der Waals surface area (Å²) < 4.78 is 0. The molecule has 0 aromatic heterocycles. The van der Waals surface area contributed by atoms with Crippen LogP contribution in [0, 0.1) is 20.2 Å². The van der Waals surface area contributed by atoms with Crippen LogP contribution in [-0.2, 0) is 0 Å². The molecule has 0 aliphatic carbocycles. The summed E-state index contributed by atoms with van der Waals surface area (Å²) >= 11 is 0. The average Bonchev–Trinajstić information content (AvgIpc) is 1.60. The molecule has 0 spiro atoms. The van der Waals surface area contributed by atoms with Crippen LogP contribution in [0.2, 0.25) is 0 Å². The maximum Gasteiger partial charge on any atom is 0.291 e. The van der Waals surface area contributed by atoms with Crippen LogP contribution in [0.15, 0.2) is 0 Å². The predicted octanol–water partition coefficient (Wildman–Crippen LogP) is 0.721. The van der Waals surface area contributed by atoms with Crippen LogP contribution >= 0.6 is 0 Å². The molecule has 0 amide bonds. The Kier molecular flexibility index (Phi) is 23.2. The van der Waals surface area contributed by atoms with Crippen molar-refractivity contribution in [3.63, 3.8) is 0 Å². The van der Waals surface area contributed by atoms with E-state index in [0.29, 0.717) is 0 Å². The van der Waals surface area contributed by atoms with Crippen LogP contribution in [-0.4, -0.2) is 20.6 Å². The van der Waals surface area contributed by atoms with E-state index < -0.39 is 10.2 Å². The van der Waals surface area contributed by atoms with Gasteiger partial charge in [-0.05, 0) is 0 Å². The van der Waals surface area contributed by atoms with E-state index in [0.717, 1.165) is 0 Å². The van der Waals surface area contributed by atoms with Crippen LogP contribution in [0.1, 0.15) is 20.3 Å². The van der Waals surface area contributed by atoms with Gasteiger partial charge in [0.2, 0.25) is 0 Å². The van der Waals surface area contributed by atoms with Crippen molar-refractivity contribution in [1.29, 1.82) is 0 Å². The van der Waals surface area contributed by atoms with Crippen molar-refractivity contribution in [2.24, 2.45) is 0 Å². The zero-order valence-corrected chi connectivity index (χ0v) is 6.13. The Labute approximate surface area is 62.3 Å². The van der Waals surface area contributed by atoms with Crippen molar-refractivity contribution >= 4 is 0 Å². The Morgan fingerprint density at radius 2 is 1.09 bits per heavy atom. The third-order valence-electron chi connectivity index (χ3n) is 0. The lowest BCUT2D eigenvalue weighted by atomic mass is 10.6. The second-order valence-electron chi connectivity index (χ2n) is 1.18. The van der Waals surface area contributed by atoms with Gasteiger partial charge in [-0.15, -0.1) is 20.2 Å². The maximum absolute atomic E-state index is 8.36. The van der Waals surface area contributed by atoms with Crippen molar-refractivity contribution < 1.29 is 20.6 Å². The summed E-state index contributed by atoms with van der Waals surface area (Å²) in [6.07, 6.45) is 1.25. The largest absolute Gasteiger partial charge is 0.328 e. The average molecular weight is 170 g/mol. The van der Waals surface area contributed by atoms with Crippen LogP contribution in [0.3, 0.4) is 0 Å². The standard InChI is InChI=1S/C3H8.2HNO3/c1-3-2;2*2-1(3)4/h3H2,1-2H3;2*(H,2,3,4). The summed E-state index contributed by atoms with van der Waals surface area (Å²) in [5.41, 5.74) is 0. The fraction of sp³-hybridized carbons (Fsp3) is 1.00. The molecule has 0 saturated heterocycles. The molecular weight excluding hydrogens is 160 g/mol. The minimum atomic E-state index is -1.50. The molecule has 0 atom stereocenters. The summed E-state index contributed by atoms with van der Waals surface area (Å²) in [6, 6.07) is 0. The van der Waals surface area contributed by atoms with E-state index in [1.54, 1.807) is 0 Å². The van der Waals surface area contributed by atoms with Gasteiger partial charge in [0.15, 0.2) is 0 Å². The second kappa shape index (κ2) is 15.8. The lowest BCUT2D eigenvalue weighted by Crippen LogP contribution is -1.81. The fourth-order valence-electron chi connectivity index (χ4n) is 0. The highest BCUT2D eigenvalue weighted by molar-refractivity contribution is 3.92. The van der Waals surface area contributed by atoms with Crippen LogP contribution in [0.25, 0.3) is 0 Å². The molecule has 0 rings (SSSR count). The van der Waals surface area contributed by atoms with E-state index in [2.05, 4.69) is 13.8 Å². The quantitative estimate of drug-likeness (QED) is 0.407. The summed E-state index contributed by atoms with van der Waals surface area (Å²) in [6.45, 7) is 4.25. The van der Waals surface area contributed by atoms with Gasteiger partial charge in [0.05, 0.1) is 0 Å². The summed E-state index contributed by atoms with van der Waals surface area (Å²) in [7, 11) is 0. The Balaban J connectivity index is -0.0000000886. The van der Waals surface area contributed by atoms with Crippen molar-refractivity contribution in [2.45, 2.75) is 20.3 Å². The van der Waals surface area contributed by atoms with E-state index in [-0.39, 0.29) is 0 Å². The van der Waals surface area contributed by atoms with Crippen LogP contribution < -0.4 is 0 Å². The van der Waals surface area contributed by atoms with Crippen molar-refractivity contribution in [3.05, 3.63) is 20.2 Å². The third-order valence-corrected chi connectivity index (χ3v) is 0. The van der Waals surface area contributed by atoms with E-state index >= 15 is 0 Å². The van der Waals surface area contributed by atoms with Gasteiger partial charge < -0.3 is 10.4 Å². The number of rotatable bonds is 0. The fourth-order valence-corrected chi connectivity index (χ4v) is 0. The van der Waals surface area contributed by atoms with E-state index in [1.165, 1.54) is 6.42 Å². The Morgan fingerprint density at radius 1 is 1.09 bits per heavy atom. The molecule has 0 aliphatic rings. The van der Waals surface area contributed by atoms with Gasteiger partial charge in [0.25, 0.3) is 10.2 Å².